The Morgan fingerprint density at radius 2 is 2.00 bits per heavy atom. The van der Waals surface area contributed by atoms with Gasteiger partial charge in [-0.05, 0) is 35.7 Å². The van der Waals surface area contributed by atoms with Crippen molar-refractivity contribution in [3.05, 3.63) is 71.3 Å². The number of hydrogen-bond donors (Lipinski definition) is 1. The number of nitrogens with one attached hydrogen (secondary N) is 1. The molecule has 0 saturated carbocycles. The quantitative estimate of drug-likeness (QED) is 0.699. The zero-order chi connectivity index (χ0) is 20.1. The Balaban J connectivity index is 1.72. The predicted molar refractivity (Wildman–Crippen MR) is 108 cm³/mol. The average molecular weight is 421 g/mol. The summed E-state index contributed by atoms with van der Waals surface area (Å²) in [6.45, 7) is 4.38. The number of amides is 1. The molecule has 3 rings (SSSR count). The second-order valence-corrected chi connectivity index (χ2v) is 8.68. The van der Waals surface area contributed by atoms with Crippen molar-refractivity contribution in [3.63, 3.8) is 0 Å². The molecule has 0 atom stereocenters. The number of fused-ring (bicyclic) bond motifs is 1. The number of rotatable bonds is 7. The highest BCUT2D eigenvalue weighted by Crippen LogP contribution is 2.30. The van der Waals surface area contributed by atoms with E-state index in [4.69, 9.17) is 16.3 Å². The molecule has 28 heavy (non-hydrogen) atoms. The first-order chi connectivity index (χ1) is 13.4. The molecule has 0 bridgehead atoms. The summed E-state index contributed by atoms with van der Waals surface area (Å²) in [5.41, 5.74) is 2.18. The fourth-order valence-corrected chi connectivity index (χ4v) is 4.71. The Morgan fingerprint density at radius 1 is 1.25 bits per heavy atom. The second kappa shape index (κ2) is 8.77. The third kappa shape index (κ3) is 4.55. The highest BCUT2D eigenvalue weighted by molar-refractivity contribution is 7.89. The number of halogens is 1. The van der Waals surface area contributed by atoms with Crippen LogP contribution in [0, 0.1) is 0 Å². The van der Waals surface area contributed by atoms with E-state index in [2.05, 4.69) is 11.9 Å². The van der Waals surface area contributed by atoms with Crippen LogP contribution in [0.1, 0.15) is 11.1 Å². The van der Waals surface area contributed by atoms with E-state index in [1.807, 2.05) is 24.3 Å². The van der Waals surface area contributed by atoms with Gasteiger partial charge in [0.15, 0.2) is 6.61 Å². The normalized spacial score (nSPS) is 14.2. The number of hydrogen-bond acceptors (Lipinski definition) is 4. The van der Waals surface area contributed by atoms with E-state index in [1.165, 1.54) is 28.1 Å². The minimum Gasteiger partial charge on any atom is -0.482 e. The lowest BCUT2D eigenvalue weighted by Crippen LogP contribution is -2.35. The molecule has 0 aliphatic carbocycles. The van der Waals surface area contributed by atoms with E-state index in [9.17, 15) is 13.2 Å². The van der Waals surface area contributed by atoms with Crippen molar-refractivity contribution in [2.45, 2.75) is 17.9 Å². The highest BCUT2D eigenvalue weighted by atomic mass is 35.5. The molecular formula is C20H21ClN2O4S. The SMILES string of the molecule is C=CCNC(=O)COc1ccc(S(=O)(=O)N2CCc3ccccc3C2)cc1Cl. The van der Waals surface area contributed by atoms with E-state index in [1.54, 1.807) is 6.08 Å². The molecule has 0 aromatic heterocycles. The lowest BCUT2D eigenvalue weighted by Gasteiger charge is -2.28. The van der Waals surface area contributed by atoms with Gasteiger partial charge in [0.1, 0.15) is 5.75 Å². The van der Waals surface area contributed by atoms with E-state index >= 15 is 0 Å². The Morgan fingerprint density at radius 3 is 2.71 bits per heavy atom. The minimum absolute atomic E-state index is 0.0975. The van der Waals surface area contributed by atoms with Crippen LogP contribution in [0.15, 0.2) is 60.0 Å². The van der Waals surface area contributed by atoms with Crippen molar-refractivity contribution < 1.29 is 17.9 Å². The van der Waals surface area contributed by atoms with Crippen LogP contribution >= 0.6 is 11.6 Å². The summed E-state index contributed by atoms with van der Waals surface area (Å²) in [5.74, 6) is -0.0713. The number of carbonyl (C=O) groups excluding carboxylic acids is 1. The third-order valence-electron chi connectivity index (χ3n) is 4.44. The van der Waals surface area contributed by atoms with Gasteiger partial charge in [-0.2, -0.15) is 4.31 Å². The van der Waals surface area contributed by atoms with E-state index in [0.29, 0.717) is 26.1 Å². The third-order valence-corrected chi connectivity index (χ3v) is 6.58. The molecule has 0 fully saturated rings. The maximum atomic E-state index is 13.0. The molecule has 0 saturated heterocycles. The van der Waals surface area contributed by atoms with Crippen LogP contribution in [-0.2, 0) is 27.8 Å². The Labute approximate surface area is 169 Å². The Hall–Kier alpha value is -2.35. The molecule has 148 valence electrons. The molecule has 1 aliphatic heterocycles. The van der Waals surface area contributed by atoms with Crippen molar-refractivity contribution in [2.24, 2.45) is 0 Å². The summed E-state index contributed by atoms with van der Waals surface area (Å²) in [7, 11) is -3.68. The minimum atomic E-state index is -3.68. The molecule has 6 nitrogen and oxygen atoms in total. The van der Waals surface area contributed by atoms with Gasteiger partial charge in [-0.1, -0.05) is 41.9 Å². The molecule has 1 heterocycles. The smallest absolute Gasteiger partial charge is 0.258 e. The predicted octanol–water partition coefficient (Wildman–Crippen LogP) is 2.77. The van der Waals surface area contributed by atoms with Crippen molar-refractivity contribution in [1.82, 2.24) is 9.62 Å². The van der Waals surface area contributed by atoms with Gasteiger partial charge < -0.3 is 10.1 Å². The van der Waals surface area contributed by atoms with Gasteiger partial charge in [-0.15, -0.1) is 6.58 Å². The van der Waals surface area contributed by atoms with Gasteiger partial charge >= 0.3 is 0 Å². The molecule has 0 radical (unpaired) electrons. The van der Waals surface area contributed by atoms with Crippen molar-refractivity contribution in [2.75, 3.05) is 19.7 Å². The first-order valence-corrected chi connectivity index (χ1v) is 10.6. The largest absolute Gasteiger partial charge is 0.482 e. The molecule has 8 heteroatoms. The maximum absolute atomic E-state index is 13.0. The Bertz CT molecular complexity index is 991. The highest BCUT2D eigenvalue weighted by Gasteiger charge is 2.28. The van der Waals surface area contributed by atoms with Gasteiger partial charge in [0, 0.05) is 19.6 Å². The molecule has 1 N–H and O–H groups in total. The molecule has 1 aliphatic rings. The van der Waals surface area contributed by atoms with Crippen molar-refractivity contribution >= 4 is 27.5 Å². The number of nitrogens with zero attached hydrogens (tertiary/aromatic N) is 1. The fraction of sp³-hybridized carbons (Fsp3) is 0.250. The molecular weight excluding hydrogens is 400 g/mol. The zero-order valence-corrected chi connectivity index (χ0v) is 16.8. The van der Waals surface area contributed by atoms with Crippen molar-refractivity contribution in [3.8, 4) is 5.75 Å². The summed E-state index contributed by atoms with van der Waals surface area (Å²) >= 11 is 6.19. The molecule has 0 unspecified atom stereocenters. The first kappa shape index (κ1) is 20.4. The summed E-state index contributed by atoms with van der Waals surface area (Å²) in [4.78, 5) is 11.7. The van der Waals surface area contributed by atoms with Crippen LogP contribution in [0.25, 0.3) is 0 Å². The maximum Gasteiger partial charge on any atom is 0.258 e. The number of sulfonamides is 1. The average Bonchev–Trinajstić information content (AvgIpc) is 2.70. The second-order valence-electron chi connectivity index (χ2n) is 6.33. The van der Waals surface area contributed by atoms with Crippen LogP contribution in [0.4, 0.5) is 0 Å². The van der Waals surface area contributed by atoms with Gasteiger partial charge in [0.25, 0.3) is 5.91 Å². The lowest BCUT2D eigenvalue weighted by molar-refractivity contribution is -0.122. The zero-order valence-electron chi connectivity index (χ0n) is 15.2. The van der Waals surface area contributed by atoms with Crippen molar-refractivity contribution in [1.29, 1.82) is 0 Å². The summed E-state index contributed by atoms with van der Waals surface area (Å²) in [6.07, 6.45) is 2.23. The molecule has 2 aromatic rings. The van der Waals surface area contributed by atoms with Crippen LogP contribution in [0.3, 0.4) is 0 Å². The molecule has 1 amide bonds. The monoisotopic (exact) mass is 420 g/mol. The van der Waals surface area contributed by atoms with E-state index in [-0.39, 0.29) is 28.2 Å². The van der Waals surface area contributed by atoms with Gasteiger partial charge in [-0.3, -0.25) is 4.79 Å². The van der Waals surface area contributed by atoms with Gasteiger partial charge in [-0.25, -0.2) is 8.42 Å². The van der Waals surface area contributed by atoms with Crippen LogP contribution in [-0.4, -0.2) is 38.3 Å². The molecule has 0 spiro atoms. The van der Waals surface area contributed by atoms with Gasteiger partial charge in [0.05, 0.1) is 9.92 Å². The van der Waals surface area contributed by atoms with Crippen LogP contribution in [0.5, 0.6) is 5.75 Å². The van der Waals surface area contributed by atoms with Crippen LogP contribution < -0.4 is 10.1 Å². The lowest BCUT2D eigenvalue weighted by atomic mass is 10.0. The standard InChI is InChI=1S/C20H21ClN2O4S/c1-2-10-22-20(24)14-27-19-8-7-17(12-18(19)21)28(25,26)23-11-9-15-5-3-4-6-16(15)13-23/h2-8,12H,1,9-11,13-14H2,(H,22,24). The topological polar surface area (TPSA) is 75.7 Å². The van der Waals surface area contributed by atoms with E-state index in [0.717, 1.165) is 5.56 Å². The number of ether oxygens (including phenoxy) is 1. The fourth-order valence-electron chi connectivity index (χ4n) is 2.96. The Kier molecular flexibility index (Phi) is 6.39. The molecule has 2 aromatic carbocycles. The van der Waals surface area contributed by atoms with Crippen LogP contribution in [0.2, 0.25) is 5.02 Å². The first-order valence-electron chi connectivity index (χ1n) is 8.78. The summed E-state index contributed by atoms with van der Waals surface area (Å²) < 4.78 is 32.8. The number of benzene rings is 2. The van der Waals surface area contributed by atoms with E-state index < -0.39 is 10.0 Å². The summed E-state index contributed by atoms with van der Waals surface area (Å²) in [5, 5.41) is 2.72. The summed E-state index contributed by atoms with van der Waals surface area (Å²) in [6, 6.07) is 12.1. The number of carbonyl (C=O) groups is 1. The van der Waals surface area contributed by atoms with Gasteiger partial charge in [0.2, 0.25) is 10.0 Å².